The fraction of sp³-hybridized carbons (Fsp3) is 0.875. The normalized spacial score (nSPS) is 31.4. The number of allylic oxidation sites excluding steroid dienone is 2. The van der Waals surface area contributed by atoms with Gasteiger partial charge in [-0.15, -0.1) is 0 Å². The molecule has 1 saturated heterocycles. The average Bonchev–Trinajstić information content (AvgIpc) is 2.21. The fourth-order valence-electron chi connectivity index (χ4n) is 2.68. The Morgan fingerprint density at radius 2 is 1.89 bits per heavy atom. The molecule has 0 aliphatic carbocycles. The Bertz CT molecular complexity index is 300. The van der Waals surface area contributed by atoms with Crippen molar-refractivity contribution in [3.63, 3.8) is 0 Å². The third-order valence-electron chi connectivity index (χ3n) is 3.65. The molecule has 1 aliphatic heterocycles. The van der Waals surface area contributed by atoms with Crippen molar-refractivity contribution < 1.29 is 9.47 Å². The van der Waals surface area contributed by atoms with Gasteiger partial charge in [-0.05, 0) is 33.1 Å². The lowest BCUT2D eigenvalue weighted by Gasteiger charge is -2.49. The maximum atomic E-state index is 6.28. The molecule has 0 bridgehead atoms. The van der Waals surface area contributed by atoms with Gasteiger partial charge in [-0.25, -0.2) is 0 Å². The minimum absolute atomic E-state index is 0.101. The van der Waals surface area contributed by atoms with E-state index in [0.29, 0.717) is 5.92 Å². The molecule has 106 valence electrons. The monoisotopic (exact) mass is 254 g/mol. The Labute approximate surface area is 113 Å². The summed E-state index contributed by atoms with van der Waals surface area (Å²) in [5, 5.41) is 0. The summed E-state index contributed by atoms with van der Waals surface area (Å²) in [5.41, 5.74) is 1.46. The van der Waals surface area contributed by atoms with Crippen LogP contribution in [0.3, 0.4) is 0 Å². The molecule has 1 aliphatic rings. The van der Waals surface area contributed by atoms with Gasteiger partial charge < -0.3 is 9.47 Å². The van der Waals surface area contributed by atoms with E-state index in [1.165, 1.54) is 5.57 Å². The van der Waals surface area contributed by atoms with Crippen LogP contribution in [0.15, 0.2) is 11.6 Å². The summed E-state index contributed by atoms with van der Waals surface area (Å²) in [6.45, 7) is 16.0. The average molecular weight is 254 g/mol. The quantitative estimate of drug-likeness (QED) is 0.685. The maximum Gasteiger partial charge on any atom is 0.166 e. The van der Waals surface area contributed by atoms with E-state index >= 15 is 0 Å². The third kappa shape index (κ3) is 4.10. The van der Waals surface area contributed by atoms with Crippen molar-refractivity contribution >= 4 is 0 Å². The zero-order valence-electron chi connectivity index (χ0n) is 13.2. The molecule has 0 unspecified atom stereocenters. The van der Waals surface area contributed by atoms with Crippen molar-refractivity contribution in [2.45, 2.75) is 73.2 Å². The smallest absolute Gasteiger partial charge is 0.166 e. The highest BCUT2D eigenvalue weighted by Crippen LogP contribution is 2.40. The number of hydrogen-bond acceptors (Lipinski definition) is 2. The summed E-state index contributed by atoms with van der Waals surface area (Å²) in [5.74, 6) is 0.0998. The highest BCUT2D eigenvalue weighted by Gasteiger charge is 2.44. The van der Waals surface area contributed by atoms with Crippen LogP contribution in [-0.2, 0) is 9.47 Å². The lowest BCUT2D eigenvalue weighted by molar-refractivity contribution is -0.330. The first-order chi connectivity index (χ1) is 8.16. The van der Waals surface area contributed by atoms with Gasteiger partial charge in [-0.2, -0.15) is 0 Å². The van der Waals surface area contributed by atoms with Gasteiger partial charge >= 0.3 is 0 Å². The second-order valence-electron chi connectivity index (χ2n) is 7.01. The van der Waals surface area contributed by atoms with Crippen LogP contribution in [0.2, 0.25) is 0 Å². The first-order valence-corrected chi connectivity index (χ1v) is 7.11. The lowest BCUT2D eigenvalue weighted by atomic mass is 9.80. The minimum atomic E-state index is -0.420. The minimum Gasteiger partial charge on any atom is -0.350 e. The lowest BCUT2D eigenvalue weighted by Crippen LogP contribution is -2.53. The first-order valence-electron chi connectivity index (χ1n) is 7.11. The summed E-state index contributed by atoms with van der Waals surface area (Å²) >= 11 is 0. The molecular formula is C16H30O2. The van der Waals surface area contributed by atoms with Crippen molar-refractivity contribution in [3.05, 3.63) is 11.6 Å². The Morgan fingerprint density at radius 3 is 2.39 bits per heavy atom. The number of rotatable bonds is 4. The molecule has 0 amide bonds. The zero-order valence-corrected chi connectivity index (χ0v) is 13.2. The van der Waals surface area contributed by atoms with Gasteiger partial charge in [0.15, 0.2) is 5.79 Å². The molecule has 0 spiro atoms. The van der Waals surface area contributed by atoms with Crippen LogP contribution < -0.4 is 0 Å². The van der Waals surface area contributed by atoms with Gasteiger partial charge in [0, 0.05) is 11.8 Å². The topological polar surface area (TPSA) is 18.5 Å². The van der Waals surface area contributed by atoms with Crippen LogP contribution in [0, 0.1) is 11.3 Å². The van der Waals surface area contributed by atoms with Crippen molar-refractivity contribution in [2.75, 3.05) is 6.61 Å². The van der Waals surface area contributed by atoms with Gasteiger partial charge in [0.1, 0.15) is 0 Å². The van der Waals surface area contributed by atoms with Crippen LogP contribution in [0.5, 0.6) is 0 Å². The standard InChI is InChI=1S/C16H30O2/c1-12(2)9-8-10-16(7)17-11-15(5,6)14(18-16)13(3)4/h9,13-14H,8,10-11H2,1-7H3/t14-,16-/m1/s1. The van der Waals surface area contributed by atoms with E-state index in [-0.39, 0.29) is 11.5 Å². The fourth-order valence-corrected chi connectivity index (χ4v) is 2.68. The molecule has 18 heavy (non-hydrogen) atoms. The molecule has 1 heterocycles. The number of hydrogen-bond donors (Lipinski definition) is 0. The van der Waals surface area contributed by atoms with E-state index in [4.69, 9.17) is 9.47 Å². The van der Waals surface area contributed by atoms with E-state index in [0.717, 1.165) is 19.4 Å². The van der Waals surface area contributed by atoms with Crippen molar-refractivity contribution in [3.8, 4) is 0 Å². The summed E-state index contributed by atoms with van der Waals surface area (Å²) in [6.07, 6.45) is 4.46. The van der Waals surface area contributed by atoms with Crippen molar-refractivity contribution in [1.82, 2.24) is 0 Å². The van der Waals surface area contributed by atoms with E-state index in [1.807, 2.05) is 0 Å². The summed E-state index contributed by atoms with van der Waals surface area (Å²) < 4.78 is 12.3. The van der Waals surface area contributed by atoms with Gasteiger partial charge in [-0.3, -0.25) is 0 Å². The van der Waals surface area contributed by atoms with Gasteiger partial charge in [0.05, 0.1) is 12.7 Å². The van der Waals surface area contributed by atoms with Crippen LogP contribution in [0.1, 0.15) is 61.3 Å². The van der Waals surface area contributed by atoms with Crippen LogP contribution in [0.25, 0.3) is 0 Å². The van der Waals surface area contributed by atoms with E-state index < -0.39 is 5.79 Å². The molecule has 0 N–H and O–H groups in total. The maximum absolute atomic E-state index is 6.28. The van der Waals surface area contributed by atoms with Gasteiger partial charge in [0.25, 0.3) is 0 Å². The SMILES string of the molecule is CC(C)=CCC[C@]1(C)OCC(C)(C)[C@@H](C(C)C)O1. The predicted octanol–water partition coefficient (Wildman–Crippen LogP) is 4.55. The molecule has 0 aromatic rings. The Hall–Kier alpha value is -0.340. The van der Waals surface area contributed by atoms with Crippen molar-refractivity contribution in [1.29, 1.82) is 0 Å². The second kappa shape index (κ2) is 5.75. The summed E-state index contributed by atoms with van der Waals surface area (Å²) in [6, 6.07) is 0. The molecule has 0 aromatic heterocycles. The Balaban J connectivity index is 2.66. The van der Waals surface area contributed by atoms with Crippen LogP contribution in [-0.4, -0.2) is 18.5 Å². The molecule has 2 atom stereocenters. The number of ether oxygens (including phenoxy) is 2. The van der Waals surface area contributed by atoms with Crippen LogP contribution in [0.4, 0.5) is 0 Å². The van der Waals surface area contributed by atoms with E-state index in [9.17, 15) is 0 Å². The predicted molar refractivity (Wildman–Crippen MR) is 76.5 cm³/mol. The van der Waals surface area contributed by atoms with Crippen LogP contribution >= 0.6 is 0 Å². The molecule has 1 fully saturated rings. The molecule has 2 heteroatoms. The summed E-state index contributed by atoms with van der Waals surface area (Å²) in [4.78, 5) is 0. The Kier molecular flexibility index (Phi) is 5.02. The molecule has 2 nitrogen and oxygen atoms in total. The summed E-state index contributed by atoms with van der Waals surface area (Å²) in [7, 11) is 0. The van der Waals surface area contributed by atoms with Gasteiger partial charge in [0.2, 0.25) is 0 Å². The van der Waals surface area contributed by atoms with Gasteiger partial charge in [-0.1, -0.05) is 39.3 Å². The van der Waals surface area contributed by atoms with Crippen molar-refractivity contribution in [2.24, 2.45) is 11.3 Å². The third-order valence-corrected chi connectivity index (χ3v) is 3.65. The second-order valence-corrected chi connectivity index (χ2v) is 7.01. The van der Waals surface area contributed by atoms with E-state index in [1.54, 1.807) is 0 Å². The zero-order chi connectivity index (χ0) is 14.0. The molecule has 0 aromatic carbocycles. The van der Waals surface area contributed by atoms with E-state index in [2.05, 4.69) is 54.5 Å². The first kappa shape index (κ1) is 15.7. The molecular weight excluding hydrogens is 224 g/mol. The highest BCUT2D eigenvalue weighted by atomic mass is 16.7. The molecule has 0 radical (unpaired) electrons. The molecule has 0 saturated carbocycles. The Morgan fingerprint density at radius 1 is 1.28 bits per heavy atom. The highest BCUT2D eigenvalue weighted by molar-refractivity contribution is 4.94. The molecule has 1 rings (SSSR count). The largest absolute Gasteiger partial charge is 0.350 e.